The molecule has 136 valence electrons. The molecule has 26 heavy (non-hydrogen) atoms. The lowest BCUT2D eigenvalue weighted by Gasteiger charge is -2.14. The number of methoxy groups -OCH3 is 1. The number of hydrogen-bond acceptors (Lipinski definition) is 5. The summed E-state index contributed by atoms with van der Waals surface area (Å²) in [5.41, 5.74) is 2.71. The number of thiazole rings is 1. The van der Waals surface area contributed by atoms with Crippen molar-refractivity contribution in [1.29, 1.82) is 0 Å². The number of carbonyl (C=O) groups excluding carboxylic acids is 1. The van der Waals surface area contributed by atoms with Gasteiger partial charge in [-0.2, -0.15) is 11.3 Å². The van der Waals surface area contributed by atoms with Gasteiger partial charge in [-0.3, -0.25) is 4.79 Å². The summed E-state index contributed by atoms with van der Waals surface area (Å²) in [4.78, 5) is 18.0. The van der Waals surface area contributed by atoms with Gasteiger partial charge in [0, 0.05) is 21.3 Å². The van der Waals surface area contributed by atoms with E-state index in [4.69, 9.17) is 16.3 Å². The summed E-state index contributed by atoms with van der Waals surface area (Å²) in [6.07, 6.45) is 0. The first-order chi connectivity index (χ1) is 12.5. The Balaban J connectivity index is 1.57. The van der Waals surface area contributed by atoms with Gasteiger partial charge in [0.2, 0.25) is 0 Å². The lowest BCUT2D eigenvalue weighted by atomic mass is 10.3. The molecule has 0 aliphatic heterocycles. The summed E-state index contributed by atoms with van der Waals surface area (Å²) in [5.74, 6) is 0.483. The third-order valence-electron chi connectivity index (χ3n) is 3.70. The number of carbonyl (C=O) groups is 1. The molecule has 3 rings (SSSR count). The summed E-state index contributed by atoms with van der Waals surface area (Å²) in [6, 6.07) is 7.20. The number of amides is 1. The van der Waals surface area contributed by atoms with Crippen molar-refractivity contribution in [1.82, 2.24) is 4.98 Å². The normalized spacial score (nSPS) is 12.0. The summed E-state index contributed by atoms with van der Waals surface area (Å²) in [6.45, 7) is 1.00. The number of quaternary nitrogens is 1. The molecule has 0 aliphatic rings. The first-order valence-corrected chi connectivity index (χ1v) is 10.2. The zero-order valence-electron chi connectivity index (χ0n) is 14.4. The molecule has 0 spiro atoms. The Morgan fingerprint density at radius 1 is 1.35 bits per heavy atom. The van der Waals surface area contributed by atoms with E-state index in [1.165, 1.54) is 0 Å². The van der Waals surface area contributed by atoms with Crippen LogP contribution < -0.4 is 15.0 Å². The first kappa shape index (κ1) is 18.8. The van der Waals surface area contributed by atoms with E-state index in [1.807, 2.05) is 12.4 Å². The van der Waals surface area contributed by atoms with Crippen LogP contribution in [0.1, 0.15) is 5.69 Å². The number of ether oxygens (including phenoxy) is 1. The number of aromatic nitrogens is 1. The van der Waals surface area contributed by atoms with Crippen molar-refractivity contribution in [2.45, 2.75) is 6.54 Å². The highest BCUT2D eigenvalue weighted by Crippen LogP contribution is 2.27. The fourth-order valence-corrected chi connectivity index (χ4v) is 4.23. The fourth-order valence-electron chi connectivity index (χ4n) is 2.52. The van der Waals surface area contributed by atoms with E-state index < -0.39 is 0 Å². The summed E-state index contributed by atoms with van der Waals surface area (Å²) < 4.78 is 5.25. The lowest BCUT2D eigenvalue weighted by Crippen LogP contribution is -3.08. The first-order valence-electron chi connectivity index (χ1n) is 7.97. The van der Waals surface area contributed by atoms with E-state index in [1.54, 1.807) is 48.0 Å². The van der Waals surface area contributed by atoms with Crippen LogP contribution in [0.5, 0.6) is 5.75 Å². The van der Waals surface area contributed by atoms with Crippen LogP contribution in [0.2, 0.25) is 5.02 Å². The van der Waals surface area contributed by atoms with Crippen LogP contribution in [0.4, 0.5) is 5.69 Å². The van der Waals surface area contributed by atoms with Crippen LogP contribution in [-0.4, -0.2) is 31.6 Å². The molecule has 2 N–H and O–H groups in total. The molecule has 2 aromatic heterocycles. The van der Waals surface area contributed by atoms with Crippen molar-refractivity contribution in [3.05, 3.63) is 51.1 Å². The Bertz CT molecular complexity index is 880. The molecule has 1 aromatic carbocycles. The van der Waals surface area contributed by atoms with Gasteiger partial charge in [-0.25, -0.2) is 4.98 Å². The molecular weight excluding hydrogens is 390 g/mol. The predicted molar refractivity (Wildman–Crippen MR) is 108 cm³/mol. The number of anilines is 1. The number of rotatable bonds is 7. The molecule has 1 atom stereocenters. The van der Waals surface area contributed by atoms with E-state index in [-0.39, 0.29) is 5.91 Å². The van der Waals surface area contributed by atoms with Gasteiger partial charge < -0.3 is 15.0 Å². The van der Waals surface area contributed by atoms with Gasteiger partial charge >= 0.3 is 0 Å². The highest BCUT2D eigenvalue weighted by atomic mass is 35.5. The third kappa shape index (κ3) is 4.82. The molecule has 1 unspecified atom stereocenters. The zero-order chi connectivity index (χ0) is 18.5. The van der Waals surface area contributed by atoms with Crippen LogP contribution >= 0.6 is 34.3 Å². The van der Waals surface area contributed by atoms with E-state index in [0.29, 0.717) is 29.5 Å². The molecule has 2 heterocycles. The molecule has 1 amide bonds. The molecule has 0 saturated carbocycles. The van der Waals surface area contributed by atoms with Gasteiger partial charge in [-0.05, 0) is 29.6 Å². The molecule has 0 fully saturated rings. The SMILES string of the molecule is COc1ccc(Cl)cc1NC(=O)C[NH+](C)Cc1csc(-c2ccsc2)n1. The number of halogens is 1. The van der Waals surface area contributed by atoms with Crippen LogP contribution in [0, 0.1) is 0 Å². The quantitative estimate of drug-likeness (QED) is 0.631. The topological polar surface area (TPSA) is 55.7 Å². The Morgan fingerprint density at radius 2 is 2.19 bits per heavy atom. The fraction of sp³-hybridized carbons (Fsp3) is 0.222. The van der Waals surface area contributed by atoms with E-state index >= 15 is 0 Å². The molecule has 8 heteroatoms. The van der Waals surface area contributed by atoms with E-state index in [0.717, 1.165) is 21.2 Å². The number of likely N-dealkylation sites (N-methyl/N-ethyl adjacent to an activating group) is 1. The van der Waals surface area contributed by atoms with Gasteiger partial charge in [0.1, 0.15) is 23.0 Å². The molecular formula is C18H19ClN3O2S2+. The van der Waals surface area contributed by atoms with Crippen LogP contribution in [0.3, 0.4) is 0 Å². The number of nitrogens with zero attached hydrogens (tertiary/aromatic N) is 1. The zero-order valence-corrected chi connectivity index (χ0v) is 16.8. The van der Waals surface area contributed by atoms with Crippen molar-refractivity contribution in [2.24, 2.45) is 0 Å². The van der Waals surface area contributed by atoms with Gasteiger partial charge in [-0.15, -0.1) is 11.3 Å². The second-order valence-electron chi connectivity index (χ2n) is 5.86. The van der Waals surface area contributed by atoms with Gasteiger partial charge in [0.05, 0.1) is 19.8 Å². The maximum absolute atomic E-state index is 12.3. The standard InChI is InChI=1S/C18H18ClN3O2S2/c1-22(8-14-11-26-18(20-14)12-5-6-25-10-12)9-17(23)21-15-7-13(19)3-4-16(15)24-2/h3-7,10-11H,8-9H2,1-2H3,(H,21,23)/p+1. The molecule has 0 saturated heterocycles. The number of hydrogen-bond donors (Lipinski definition) is 2. The monoisotopic (exact) mass is 408 g/mol. The second-order valence-corrected chi connectivity index (χ2v) is 7.93. The minimum absolute atomic E-state index is 0.101. The van der Waals surface area contributed by atoms with Crippen LogP contribution in [0.25, 0.3) is 10.6 Å². The molecule has 0 bridgehead atoms. The van der Waals surface area contributed by atoms with Gasteiger partial charge in [0.25, 0.3) is 5.91 Å². The maximum atomic E-state index is 12.3. The van der Waals surface area contributed by atoms with Gasteiger partial charge in [-0.1, -0.05) is 11.6 Å². The molecule has 0 radical (unpaired) electrons. The Kier molecular flexibility index (Phi) is 6.26. The minimum Gasteiger partial charge on any atom is -0.495 e. The van der Waals surface area contributed by atoms with Gasteiger partial charge in [0.15, 0.2) is 6.54 Å². The number of nitrogens with one attached hydrogen (secondary N) is 2. The maximum Gasteiger partial charge on any atom is 0.279 e. The highest BCUT2D eigenvalue weighted by Gasteiger charge is 2.15. The Labute approximate surface area is 165 Å². The van der Waals surface area contributed by atoms with Crippen LogP contribution in [0.15, 0.2) is 40.4 Å². The summed E-state index contributed by atoms with van der Waals surface area (Å²) in [5, 5.41) is 10.6. The Hall–Kier alpha value is -1.93. The van der Waals surface area contributed by atoms with Crippen molar-refractivity contribution < 1.29 is 14.4 Å². The molecule has 0 aliphatic carbocycles. The lowest BCUT2D eigenvalue weighted by molar-refractivity contribution is -0.885. The molecule has 3 aromatic rings. The van der Waals surface area contributed by atoms with Crippen molar-refractivity contribution in [3.8, 4) is 16.3 Å². The largest absolute Gasteiger partial charge is 0.495 e. The number of thiophene rings is 1. The minimum atomic E-state index is -0.101. The molecule has 5 nitrogen and oxygen atoms in total. The summed E-state index contributed by atoms with van der Waals surface area (Å²) >= 11 is 9.28. The summed E-state index contributed by atoms with van der Waals surface area (Å²) in [7, 11) is 3.53. The van der Waals surface area contributed by atoms with Crippen LogP contribution in [-0.2, 0) is 11.3 Å². The third-order valence-corrected chi connectivity index (χ3v) is 5.56. The smallest absolute Gasteiger partial charge is 0.279 e. The van der Waals surface area contributed by atoms with E-state index in [2.05, 4.69) is 27.1 Å². The highest BCUT2D eigenvalue weighted by molar-refractivity contribution is 7.14. The predicted octanol–water partition coefficient (Wildman–Crippen LogP) is 3.19. The van der Waals surface area contributed by atoms with E-state index in [9.17, 15) is 4.79 Å². The average Bonchev–Trinajstić information content (AvgIpc) is 3.26. The number of benzene rings is 1. The average molecular weight is 409 g/mol. The second kappa shape index (κ2) is 8.64. The van der Waals surface area contributed by atoms with Crippen molar-refractivity contribution in [2.75, 3.05) is 26.0 Å². The Morgan fingerprint density at radius 3 is 2.92 bits per heavy atom. The van der Waals surface area contributed by atoms with Crippen molar-refractivity contribution >= 4 is 45.9 Å². The van der Waals surface area contributed by atoms with Crippen molar-refractivity contribution in [3.63, 3.8) is 0 Å².